The van der Waals surface area contributed by atoms with Gasteiger partial charge in [0.25, 0.3) is 5.91 Å². The first kappa shape index (κ1) is 19.4. The van der Waals surface area contributed by atoms with Crippen molar-refractivity contribution in [3.8, 4) is 5.75 Å². The highest BCUT2D eigenvalue weighted by atomic mass is 16.5. The van der Waals surface area contributed by atoms with Gasteiger partial charge < -0.3 is 20.5 Å². The Balaban J connectivity index is 1.59. The van der Waals surface area contributed by atoms with Crippen LogP contribution in [0.3, 0.4) is 0 Å². The van der Waals surface area contributed by atoms with Crippen LogP contribution >= 0.6 is 0 Å². The van der Waals surface area contributed by atoms with Gasteiger partial charge in [-0.25, -0.2) is 4.79 Å². The number of aliphatic carboxylic acids is 1. The molecular weight excluding hydrogens is 360 g/mol. The predicted octanol–water partition coefficient (Wildman–Crippen LogP) is 2.99. The molecule has 0 aromatic heterocycles. The van der Waals surface area contributed by atoms with Crippen molar-refractivity contribution in [2.24, 2.45) is 5.92 Å². The Labute approximate surface area is 162 Å². The van der Waals surface area contributed by atoms with Gasteiger partial charge in [0, 0.05) is 17.2 Å². The van der Waals surface area contributed by atoms with Gasteiger partial charge >= 0.3 is 5.97 Å². The minimum atomic E-state index is -1.04. The van der Waals surface area contributed by atoms with Crippen molar-refractivity contribution in [3.63, 3.8) is 0 Å². The number of hydrogen-bond acceptors (Lipinski definition) is 4. The summed E-state index contributed by atoms with van der Waals surface area (Å²) >= 11 is 0. The molecule has 146 valence electrons. The zero-order chi connectivity index (χ0) is 20.1. The van der Waals surface area contributed by atoms with Crippen molar-refractivity contribution >= 4 is 23.5 Å². The number of rotatable bonds is 8. The number of amides is 2. The SMILES string of the molecule is CC(NC(=O)c1cccc(NC(=O)C2CC2)c1)c1ccc(OCC(=O)O)cc1. The highest BCUT2D eigenvalue weighted by Crippen LogP contribution is 2.30. The molecule has 0 bridgehead atoms. The van der Waals surface area contributed by atoms with E-state index < -0.39 is 12.6 Å². The molecule has 0 heterocycles. The molecule has 7 heteroatoms. The maximum Gasteiger partial charge on any atom is 0.341 e. The molecule has 2 aromatic carbocycles. The topological polar surface area (TPSA) is 105 Å². The predicted molar refractivity (Wildman–Crippen MR) is 103 cm³/mol. The minimum Gasteiger partial charge on any atom is -0.482 e. The molecule has 3 rings (SSSR count). The summed E-state index contributed by atoms with van der Waals surface area (Å²) in [5.41, 5.74) is 1.92. The van der Waals surface area contributed by atoms with Crippen LogP contribution in [0.1, 0.15) is 41.7 Å². The molecule has 1 aliphatic rings. The standard InChI is InChI=1S/C21H22N2O5/c1-13(14-7-9-18(10-8-14)28-12-19(24)25)22-21(27)16-3-2-4-17(11-16)23-20(26)15-5-6-15/h2-4,7-11,13,15H,5-6,12H2,1H3,(H,22,27)(H,23,26)(H,24,25). The summed E-state index contributed by atoms with van der Waals surface area (Å²) < 4.78 is 5.10. The van der Waals surface area contributed by atoms with Crippen LogP contribution in [0.2, 0.25) is 0 Å². The van der Waals surface area contributed by atoms with Crippen LogP contribution in [0.25, 0.3) is 0 Å². The van der Waals surface area contributed by atoms with Crippen molar-refractivity contribution < 1.29 is 24.2 Å². The van der Waals surface area contributed by atoms with Gasteiger partial charge in [0.05, 0.1) is 6.04 Å². The normalized spacial score (nSPS) is 14.0. The Morgan fingerprint density at radius 1 is 1.14 bits per heavy atom. The summed E-state index contributed by atoms with van der Waals surface area (Å²) in [7, 11) is 0. The summed E-state index contributed by atoms with van der Waals surface area (Å²) in [4.78, 5) is 34.9. The molecule has 1 aliphatic carbocycles. The first-order valence-corrected chi connectivity index (χ1v) is 9.08. The van der Waals surface area contributed by atoms with E-state index in [0.717, 1.165) is 18.4 Å². The van der Waals surface area contributed by atoms with Crippen LogP contribution in [0, 0.1) is 5.92 Å². The lowest BCUT2D eigenvalue weighted by Gasteiger charge is -2.15. The number of hydrogen-bond donors (Lipinski definition) is 3. The van der Waals surface area contributed by atoms with Gasteiger partial charge in [0.15, 0.2) is 6.61 Å². The molecular formula is C21H22N2O5. The number of benzene rings is 2. The molecule has 3 N–H and O–H groups in total. The number of ether oxygens (including phenoxy) is 1. The lowest BCUT2D eigenvalue weighted by Crippen LogP contribution is -2.26. The average molecular weight is 382 g/mol. The number of carboxylic acid groups (broad SMARTS) is 1. The van der Waals surface area contributed by atoms with Crippen LogP contribution in [0.5, 0.6) is 5.75 Å². The van der Waals surface area contributed by atoms with Crippen molar-refractivity contribution in [3.05, 3.63) is 59.7 Å². The quantitative estimate of drug-likeness (QED) is 0.651. The molecule has 1 atom stereocenters. The van der Waals surface area contributed by atoms with Gasteiger partial charge in [-0.1, -0.05) is 18.2 Å². The molecule has 28 heavy (non-hydrogen) atoms. The van der Waals surface area contributed by atoms with E-state index in [1.807, 2.05) is 6.92 Å². The Bertz CT molecular complexity index is 875. The van der Waals surface area contributed by atoms with Crippen LogP contribution < -0.4 is 15.4 Å². The Hall–Kier alpha value is -3.35. The van der Waals surface area contributed by atoms with Crippen molar-refractivity contribution in [2.75, 3.05) is 11.9 Å². The van der Waals surface area contributed by atoms with E-state index in [1.165, 1.54) is 0 Å². The van der Waals surface area contributed by atoms with Crippen molar-refractivity contribution in [1.29, 1.82) is 0 Å². The molecule has 0 saturated heterocycles. The molecule has 2 aromatic rings. The van der Waals surface area contributed by atoms with Gasteiger partial charge in [-0.15, -0.1) is 0 Å². The maximum absolute atomic E-state index is 12.5. The maximum atomic E-state index is 12.5. The van der Waals surface area contributed by atoms with Gasteiger partial charge in [-0.05, 0) is 55.7 Å². The fourth-order valence-corrected chi connectivity index (χ4v) is 2.69. The first-order chi connectivity index (χ1) is 13.4. The monoisotopic (exact) mass is 382 g/mol. The van der Waals surface area contributed by atoms with Crippen LogP contribution in [-0.4, -0.2) is 29.5 Å². The smallest absolute Gasteiger partial charge is 0.341 e. The molecule has 2 amide bonds. The third kappa shape index (κ3) is 5.33. The molecule has 0 aliphatic heterocycles. The zero-order valence-electron chi connectivity index (χ0n) is 15.5. The number of carbonyl (C=O) groups excluding carboxylic acids is 2. The van der Waals surface area contributed by atoms with Gasteiger partial charge in [-0.2, -0.15) is 0 Å². The lowest BCUT2D eigenvalue weighted by molar-refractivity contribution is -0.139. The largest absolute Gasteiger partial charge is 0.482 e. The van der Waals surface area contributed by atoms with E-state index in [9.17, 15) is 14.4 Å². The number of carbonyl (C=O) groups is 3. The van der Waals surface area contributed by atoms with Gasteiger partial charge in [0.2, 0.25) is 5.91 Å². The molecule has 1 saturated carbocycles. The van der Waals surface area contributed by atoms with E-state index in [-0.39, 0.29) is 23.8 Å². The Morgan fingerprint density at radius 2 is 1.86 bits per heavy atom. The molecule has 1 unspecified atom stereocenters. The average Bonchev–Trinajstić information content (AvgIpc) is 3.52. The molecule has 7 nitrogen and oxygen atoms in total. The van der Waals surface area contributed by atoms with E-state index in [2.05, 4.69) is 10.6 Å². The number of anilines is 1. The molecule has 0 spiro atoms. The minimum absolute atomic E-state index is 0.00358. The van der Waals surface area contributed by atoms with E-state index in [4.69, 9.17) is 9.84 Å². The second-order valence-corrected chi connectivity index (χ2v) is 6.79. The fraction of sp³-hybridized carbons (Fsp3) is 0.286. The summed E-state index contributed by atoms with van der Waals surface area (Å²) in [6.07, 6.45) is 1.84. The fourth-order valence-electron chi connectivity index (χ4n) is 2.69. The second-order valence-electron chi connectivity index (χ2n) is 6.79. The van der Waals surface area contributed by atoms with Gasteiger partial charge in [0.1, 0.15) is 5.75 Å². The summed E-state index contributed by atoms with van der Waals surface area (Å²) in [5.74, 6) is -0.749. The molecule has 1 fully saturated rings. The highest BCUT2D eigenvalue weighted by molar-refractivity contribution is 5.98. The summed E-state index contributed by atoms with van der Waals surface area (Å²) in [6.45, 7) is 1.45. The van der Waals surface area contributed by atoms with E-state index >= 15 is 0 Å². The first-order valence-electron chi connectivity index (χ1n) is 9.08. The zero-order valence-corrected chi connectivity index (χ0v) is 15.5. The van der Waals surface area contributed by atoms with Crippen molar-refractivity contribution in [2.45, 2.75) is 25.8 Å². The highest BCUT2D eigenvalue weighted by Gasteiger charge is 2.29. The van der Waals surface area contributed by atoms with E-state index in [0.29, 0.717) is 17.0 Å². The van der Waals surface area contributed by atoms with Crippen LogP contribution in [0.15, 0.2) is 48.5 Å². The molecule has 0 radical (unpaired) electrons. The summed E-state index contributed by atoms with van der Waals surface area (Å²) in [6, 6.07) is 13.5. The third-order valence-corrected chi connectivity index (χ3v) is 4.43. The Morgan fingerprint density at radius 3 is 2.50 bits per heavy atom. The van der Waals surface area contributed by atoms with Crippen molar-refractivity contribution in [1.82, 2.24) is 5.32 Å². The third-order valence-electron chi connectivity index (χ3n) is 4.43. The van der Waals surface area contributed by atoms with E-state index in [1.54, 1.807) is 48.5 Å². The lowest BCUT2D eigenvalue weighted by atomic mass is 10.1. The second kappa shape index (κ2) is 8.56. The van der Waals surface area contributed by atoms with Crippen LogP contribution in [0.4, 0.5) is 5.69 Å². The Kier molecular flexibility index (Phi) is 5.93. The number of nitrogens with one attached hydrogen (secondary N) is 2. The van der Waals surface area contributed by atoms with Crippen LogP contribution in [-0.2, 0) is 9.59 Å². The summed E-state index contributed by atoms with van der Waals surface area (Å²) in [5, 5.41) is 14.4. The van der Waals surface area contributed by atoms with Gasteiger partial charge in [-0.3, -0.25) is 9.59 Å². The number of carboxylic acids is 1.